The van der Waals surface area contributed by atoms with Gasteiger partial charge in [-0.3, -0.25) is 0 Å². The first-order chi connectivity index (χ1) is 13.3. The van der Waals surface area contributed by atoms with Gasteiger partial charge in [0.1, 0.15) is 5.75 Å². The van der Waals surface area contributed by atoms with Gasteiger partial charge in [0.05, 0.1) is 0 Å². The minimum absolute atomic E-state index is 0.534. The number of rotatable bonds is 7. The van der Waals surface area contributed by atoms with E-state index in [1.54, 1.807) is 0 Å². The fourth-order valence-electron chi connectivity index (χ4n) is 2.71. The maximum atomic E-state index is 9.96. The Morgan fingerprint density at radius 3 is 1.93 bits per heavy atom. The number of aliphatic hydroxyl groups excluding tert-OH is 1. The molecule has 0 fully saturated rings. The van der Waals surface area contributed by atoms with Gasteiger partial charge >= 0.3 is 0 Å². The molecule has 0 bridgehead atoms. The molecule has 1 unspecified atom stereocenters. The van der Waals surface area contributed by atoms with Crippen molar-refractivity contribution in [1.29, 1.82) is 0 Å². The average molecular weight is 356 g/mol. The Morgan fingerprint density at radius 2 is 1.33 bits per heavy atom. The van der Waals surface area contributed by atoms with Gasteiger partial charge < -0.3 is 9.84 Å². The first-order valence-electron chi connectivity index (χ1n) is 9.20. The third kappa shape index (κ3) is 5.44. The van der Waals surface area contributed by atoms with Crippen molar-refractivity contribution in [3.8, 4) is 5.75 Å². The van der Waals surface area contributed by atoms with Crippen LogP contribution in [0.3, 0.4) is 0 Å². The van der Waals surface area contributed by atoms with Crippen LogP contribution in [0.5, 0.6) is 5.75 Å². The summed E-state index contributed by atoms with van der Waals surface area (Å²) < 4.78 is 5.75. The number of ether oxygens (including phenoxy) is 1. The summed E-state index contributed by atoms with van der Waals surface area (Å²) in [6.45, 7) is 1.89. The van der Waals surface area contributed by atoms with Gasteiger partial charge in [-0.2, -0.15) is 0 Å². The summed E-state index contributed by atoms with van der Waals surface area (Å²) in [6.07, 6.45) is 7.96. The highest BCUT2D eigenvalue weighted by atomic mass is 16.6. The molecule has 0 saturated heterocycles. The lowest BCUT2D eigenvalue weighted by atomic mass is 10.0. The summed E-state index contributed by atoms with van der Waals surface area (Å²) in [6, 6.07) is 26.2. The average Bonchev–Trinajstić information content (AvgIpc) is 2.73. The first kappa shape index (κ1) is 18.7. The normalized spacial score (nSPS) is 12.5. The molecule has 1 N–H and O–H groups in total. The quantitative estimate of drug-likeness (QED) is 0.407. The summed E-state index contributed by atoms with van der Waals surface area (Å²) >= 11 is 0. The second kappa shape index (κ2) is 9.56. The number of hydrogen-bond donors (Lipinski definition) is 1. The fraction of sp³-hybridized carbons (Fsp3) is 0.120. The molecule has 0 radical (unpaired) electrons. The smallest absolute Gasteiger partial charge is 0.197 e. The lowest BCUT2D eigenvalue weighted by Gasteiger charge is -2.15. The van der Waals surface area contributed by atoms with E-state index in [0.717, 1.165) is 22.3 Å². The van der Waals surface area contributed by atoms with E-state index < -0.39 is 6.29 Å². The topological polar surface area (TPSA) is 29.5 Å². The van der Waals surface area contributed by atoms with Crippen molar-refractivity contribution in [2.75, 3.05) is 0 Å². The Kier molecular flexibility index (Phi) is 6.61. The summed E-state index contributed by atoms with van der Waals surface area (Å²) in [5.74, 6) is 0.673. The molecule has 2 nitrogen and oxygen atoms in total. The van der Waals surface area contributed by atoms with E-state index in [1.807, 2.05) is 61.5 Å². The first-order valence-corrected chi connectivity index (χ1v) is 9.20. The zero-order chi connectivity index (χ0) is 18.9. The molecule has 0 saturated carbocycles. The van der Waals surface area contributed by atoms with Gasteiger partial charge in [-0.25, -0.2) is 0 Å². The van der Waals surface area contributed by atoms with Crippen LogP contribution in [0.2, 0.25) is 0 Å². The standard InChI is InChI=1S/C25H24O2/c1-2-25(26)27-24-15-9-14-22(18-16-20-10-5-3-6-11-20)23(24)19-17-21-12-7-4-8-13-21/h3-19,25-26H,2H2,1H3. The second-order valence-electron chi connectivity index (χ2n) is 6.23. The molecule has 0 spiro atoms. The van der Waals surface area contributed by atoms with E-state index in [4.69, 9.17) is 4.74 Å². The predicted octanol–water partition coefficient (Wildman–Crippen LogP) is 6.13. The SMILES string of the molecule is CCC(O)Oc1cccc(C=Cc2ccccc2)c1C=Cc1ccccc1. The van der Waals surface area contributed by atoms with Gasteiger partial charge in [0.15, 0.2) is 6.29 Å². The highest BCUT2D eigenvalue weighted by molar-refractivity contribution is 5.82. The third-order valence-electron chi connectivity index (χ3n) is 4.21. The Labute approximate surface area is 161 Å². The van der Waals surface area contributed by atoms with Crippen LogP contribution in [0.25, 0.3) is 24.3 Å². The Hall–Kier alpha value is -3.10. The minimum atomic E-state index is -0.817. The molecule has 2 heteroatoms. The van der Waals surface area contributed by atoms with Gasteiger partial charge in [0.25, 0.3) is 0 Å². The van der Waals surface area contributed by atoms with E-state index in [1.165, 1.54) is 0 Å². The zero-order valence-corrected chi connectivity index (χ0v) is 15.5. The van der Waals surface area contributed by atoms with Crippen LogP contribution in [0, 0.1) is 0 Å². The zero-order valence-electron chi connectivity index (χ0n) is 15.5. The molecule has 0 aliphatic heterocycles. The van der Waals surface area contributed by atoms with E-state index in [0.29, 0.717) is 12.2 Å². The van der Waals surface area contributed by atoms with Crippen LogP contribution < -0.4 is 4.74 Å². The van der Waals surface area contributed by atoms with E-state index in [-0.39, 0.29) is 0 Å². The van der Waals surface area contributed by atoms with Gasteiger partial charge in [0.2, 0.25) is 0 Å². The van der Waals surface area contributed by atoms with Crippen LogP contribution >= 0.6 is 0 Å². The lowest BCUT2D eigenvalue weighted by Crippen LogP contribution is -2.14. The Bertz CT molecular complexity index is 896. The van der Waals surface area contributed by atoms with Crippen molar-refractivity contribution in [2.45, 2.75) is 19.6 Å². The summed E-state index contributed by atoms with van der Waals surface area (Å²) in [5.41, 5.74) is 4.23. The highest BCUT2D eigenvalue weighted by Crippen LogP contribution is 2.28. The summed E-state index contributed by atoms with van der Waals surface area (Å²) in [7, 11) is 0. The Balaban J connectivity index is 1.97. The van der Waals surface area contributed by atoms with Crippen LogP contribution in [0.4, 0.5) is 0 Å². The molecule has 3 aromatic carbocycles. The van der Waals surface area contributed by atoms with E-state index in [2.05, 4.69) is 48.6 Å². The molecule has 136 valence electrons. The van der Waals surface area contributed by atoms with Crippen LogP contribution in [-0.2, 0) is 0 Å². The lowest BCUT2D eigenvalue weighted by molar-refractivity contribution is -0.0192. The van der Waals surface area contributed by atoms with Gasteiger partial charge in [-0.15, -0.1) is 0 Å². The Morgan fingerprint density at radius 1 is 0.741 bits per heavy atom. The molecule has 3 aromatic rings. The molecular formula is C25H24O2. The highest BCUT2D eigenvalue weighted by Gasteiger charge is 2.09. The number of hydrogen-bond acceptors (Lipinski definition) is 2. The van der Waals surface area contributed by atoms with Crippen LogP contribution in [-0.4, -0.2) is 11.4 Å². The van der Waals surface area contributed by atoms with Crippen LogP contribution in [0.15, 0.2) is 78.9 Å². The molecule has 3 rings (SSSR count). The van der Waals surface area contributed by atoms with Gasteiger partial charge in [-0.05, 0) is 22.8 Å². The number of aliphatic hydroxyl groups is 1. The summed E-state index contributed by atoms with van der Waals surface area (Å²) in [4.78, 5) is 0. The predicted molar refractivity (Wildman–Crippen MR) is 114 cm³/mol. The van der Waals surface area contributed by atoms with Crippen LogP contribution in [0.1, 0.15) is 35.6 Å². The molecule has 0 aromatic heterocycles. The molecule has 0 aliphatic carbocycles. The third-order valence-corrected chi connectivity index (χ3v) is 4.21. The molecule has 1 atom stereocenters. The van der Waals surface area contributed by atoms with Gasteiger partial charge in [-0.1, -0.05) is 104 Å². The largest absolute Gasteiger partial charge is 0.465 e. The molecule has 0 aliphatic rings. The second-order valence-corrected chi connectivity index (χ2v) is 6.23. The van der Waals surface area contributed by atoms with E-state index in [9.17, 15) is 5.11 Å². The minimum Gasteiger partial charge on any atom is -0.465 e. The monoisotopic (exact) mass is 356 g/mol. The molecular weight excluding hydrogens is 332 g/mol. The van der Waals surface area contributed by atoms with Crippen molar-refractivity contribution < 1.29 is 9.84 Å². The molecule has 0 heterocycles. The maximum absolute atomic E-state index is 9.96. The fourth-order valence-corrected chi connectivity index (χ4v) is 2.71. The van der Waals surface area contributed by atoms with Crippen molar-refractivity contribution >= 4 is 24.3 Å². The number of benzene rings is 3. The van der Waals surface area contributed by atoms with E-state index >= 15 is 0 Å². The molecule has 27 heavy (non-hydrogen) atoms. The molecule has 0 amide bonds. The maximum Gasteiger partial charge on any atom is 0.197 e. The van der Waals surface area contributed by atoms with Crippen molar-refractivity contribution in [3.63, 3.8) is 0 Å². The van der Waals surface area contributed by atoms with Gasteiger partial charge in [0, 0.05) is 12.0 Å². The van der Waals surface area contributed by atoms with Crippen molar-refractivity contribution in [2.24, 2.45) is 0 Å². The summed E-state index contributed by atoms with van der Waals surface area (Å²) in [5, 5.41) is 9.96. The van der Waals surface area contributed by atoms with Crippen molar-refractivity contribution in [3.05, 3.63) is 101 Å². The van der Waals surface area contributed by atoms with Crippen molar-refractivity contribution in [1.82, 2.24) is 0 Å².